The van der Waals surface area contributed by atoms with Crippen molar-refractivity contribution in [3.05, 3.63) is 35.7 Å². The predicted molar refractivity (Wildman–Crippen MR) is 77.1 cm³/mol. The van der Waals surface area contributed by atoms with Crippen molar-refractivity contribution in [1.82, 2.24) is 5.32 Å². The second kappa shape index (κ2) is 6.45. The zero-order valence-corrected chi connectivity index (χ0v) is 12.1. The monoisotopic (exact) mass is 264 g/mol. The quantitative estimate of drug-likeness (QED) is 0.454. The third kappa shape index (κ3) is 4.47. The second-order valence-corrected chi connectivity index (χ2v) is 5.52. The highest BCUT2D eigenvalue weighted by Gasteiger charge is 2.28. The van der Waals surface area contributed by atoms with Crippen LogP contribution in [0.4, 0.5) is 0 Å². The van der Waals surface area contributed by atoms with Crippen molar-refractivity contribution in [2.24, 2.45) is 11.1 Å². The highest BCUT2D eigenvalue weighted by molar-refractivity contribution is 5.89. The van der Waals surface area contributed by atoms with Gasteiger partial charge in [-0.05, 0) is 36.8 Å². The van der Waals surface area contributed by atoms with Crippen LogP contribution in [-0.4, -0.2) is 19.1 Å². The summed E-state index contributed by atoms with van der Waals surface area (Å²) in [4.78, 5) is 11.7. The lowest BCUT2D eigenvalue weighted by atomic mass is 9.76. The molecule has 0 saturated heterocycles. The normalized spacial score (nSPS) is 20.3. The number of nitrogens with one attached hydrogen (secondary N) is 1. The van der Waals surface area contributed by atoms with Gasteiger partial charge in [0, 0.05) is 12.2 Å². The van der Waals surface area contributed by atoms with Crippen LogP contribution < -0.4 is 11.1 Å². The summed E-state index contributed by atoms with van der Waals surface area (Å²) in [7, 11) is 0. The standard InChI is InChI=1S/C15H24N2O2/c1-5-7-17-12-8-11(9-15(3,4)10-12)13(16)14(18)19-6-2/h5,8,17H,1,6-7,9-10,16H2,2-4H3/b13-11-. The zero-order chi connectivity index (χ0) is 14.5. The number of hydrogen-bond acceptors (Lipinski definition) is 4. The topological polar surface area (TPSA) is 64.3 Å². The first-order valence-corrected chi connectivity index (χ1v) is 6.60. The molecule has 0 heterocycles. The molecule has 1 aliphatic carbocycles. The van der Waals surface area contributed by atoms with Crippen LogP contribution in [0, 0.1) is 5.41 Å². The number of allylic oxidation sites excluding steroid dienone is 3. The Labute approximate surface area is 115 Å². The van der Waals surface area contributed by atoms with Crippen LogP contribution in [0.2, 0.25) is 0 Å². The van der Waals surface area contributed by atoms with Crippen molar-refractivity contribution in [3.63, 3.8) is 0 Å². The van der Waals surface area contributed by atoms with Gasteiger partial charge in [-0.15, -0.1) is 6.58 Å². The van der Waals surface area contributed by atoms with E-state index in [-0.39, 0.29) is 11.1 Å². The van der Waals surface area contributed by atoms with Gasteiger partial charge in [-0.1, -0.05) is 19.9 Å². The molecule has 106 valence electrons. The van der Waals surface area contributed by atoms with Gasteiger partial charge in [0.15, 0.2) is 0 Å². The average Bonchev–Trinajstić information content (AvgIpc) is 2.33. The lowest BCUT2D eigenvalue weighted by Gasteiger charge is -2.32. The molecule has 0 aliphatic heterocycles. The summed E-state index contributed by atoms with van der Waals surface area (Å²) in [5, 5.41) is 3.28. The van der Waals surface area contributed by atoms with Gasteiger partial charge in [0.25, 0.3) is 0 Å². The first-order chi connectivity index (χ1) is 8.89. The Morgan fingerprint density at radius 1 is 1.58 bits per heavy atom. The first kappa shape index (κ1) is 15.3. The molecule has 0 unspecified atom stereocenters. The van der Waals surface area contributed by atoms with Gasteiger partial charge >= 0.3 is 5.97 Å². The molecule has 0 amide bonds. The van der Waals surface area contributed by atoms with E-state index < -0.39 is 5.97 Å². The van der Waals surface area contributed by atoms with Gasteiger partial charge in [-0.3, -0.25) is 0 Å². The van der Waals surface area contributed by atoms with Crippen LogP contribution in [-0.2, 0) is 9.53 Å². The molecule has 0 spiro atoms. The molecule has 0 atom stereocenters. The summed E-state index contributed by atoms with van der Waals surface area (Å²) >= 11 is 0. The molecule has 3 N–H and O–H groups in total. The number of carbonyl (C=O) groups excluding carboxylic acids is 1. The fraction of sp³-hybridized carbons (Fsp3) is 0.533. The van der Waals surface area contributed by atoms with Crippen molar-refractivity contribution in [2.45, 2.75) is 33.6 Å². The fourth-order valence-corrected chi connectivity index (χ4v) is 2.24. The predicted octanol–water partition coefficient (Wildman–Crippen LogP) is 2.24. The van der Waals surface area contributed by atoms with E-state index in [1.54, 1.807) is 13.0 Å². The Morgan fingerprint density at radius 3 is 2.84 bits per heavy atom. The molecular formula is C15H24N2O2. The molecule has 0 aromatic rings. The maximum atomic E-state index is 11.7. The van der Waals surface area contributed by atoms with E-state index in [1.807, 2.05) is 6.08 Å². The second-order valence-electron chi connectivity index (χ2n) is 5.52. The maximum Gasteiger partial charge on any atom is 0.354 e. The molecule has 0 aromatic carbocycles. The third-order valence-corrected chi connectivity index (χ3v) is 3.00. The lowest BCUT2D eigenvalue weighted by molar-refractivity contribution is -0.138. The van der Waals surface area contributed by atoms with Gasteiger partial charge in [-0.25, -0.2) is 4.79 Å². The van der Waals surface area contributed by atoms with Crippen molar-refractivity contribution in [1.29, 1.82) is 0 Å². The summed E-state index contributed by atoms with van der Waals surface area (Å²) in [5.41, 5.74) is 8.12. The Kier molecular flexibility index (Phi) is 5.21. The van der Waals surface area contributed by atoms with E-state index in [0.717, 1.165) is 24.1 Å². The molecule has 4 heteroatoms. The minimum Gasteiger partial charge on any atom is -0.461 e. The highest BCUT2D eigenvalue weighted by atomic mass is 16.5. The first-order valence-electron chi connectivity index (χ1n) is 6.60. The molecule has 4 nitrogen and oxygen atoms in total. The number of nitrogens with two attached hydrogens (primary N) is 1. The summed E-state index contributed by atoms with van der Waals surface area (Å²) in [5.74, 6) is -0.436. The Balaban J connectivity index is 3.00. The van der Waals surface area contributed by atoms with E-state index in [0.29, 0.717) is 13.2 Å². The third-order valence-electron chi connectivity index (χ3n) is 3.00. The van der Waals surface area contributed by atoms with Crippen LogP contribution >= 0.6 is 0 Å². The number of rotatable bonds is 5. The smallest absolute Gasteiger partial charge is 0.354 e. The molecule has 1 aliphatic rings. The summed E-state index contributed by atoms with van der Waals surface area (Å²) in [6.07, 6.45) is 5.47. The van der Waals surface area contributed by atoms with Crippen LogP contribution in [0.15, 0.2) is 35.7 Å². The molecule has 0 aromatic heterocycles. The minimum absolute atomic E-state index is 0.0741. The van der Waals surface area contributed by atoms with Crippen LogP contribution in [0.25, 0.3) is 0 Å². The van der Waals surface area contributed by atoms with Crippen LogP contribution in [0.5, 0.6) is 0 Å². The number of ether oxygens (including phenoxy) is 1. The number of esters is 1. The van der Waals surface area contributed by atoms with E-state index in [4.69, 9.17) is 10.5 Å². The average molecular weight is 264 g/mol. The van der Waals surface area contributed by atoms with E-state index in [9.17, 15) is 4.79 Å². The van der Waals surface area contributed by atoms with Gasteiger partial charge in [0.2, 0.25) is 0 Å². The minimum atomic E-state index is -0.436. The molecule has 19 heavy (non-hydrogen) atoms. The highest BCUT2D eigenvalue weighted by Crippen LogP contribution is 2.37. The number of carbonyl (C=O) groups is 1. The van der Waals surface area contributed by atoms with E-state index in [1.165, 1.54) is 0 Å². The largest absolute Gasteiger partial charge is 0.461 e. The molecule has 0 radical (unpaired) electrons. The van der Waals surface area contributed by atoms with Crippen molar-refractivity contribution in [3.8, 4) is 0 Å². The van der Waals surface area contributed by atoms with Crippen molar-refractivity contribution >= 4 is 5.97 Å². The van der Waals surface area contributed by atoms with E-state index >= 15 is 0 Å². The number of hydrogen-bond donors (Lipinski definition) is 2. The Morgan fingerprint density at radius 2 is 2.26 bits per heavy atom. The molecule has 0 saturated carbocycles. The summed E-state index contributed by atoms with van der Waals surface area (Å²) in [6, 6.07) is 0. The van der Waals surface area contributed by atoms with E-state index in [2.05, 4.69) is 25.7 Å². The summed E-state index contributed by atoms with van der Waals surface area (Å²) < 4.78 is 4.95. The SMILES string of the molecule is C=CCNC1=C/C(=C(/N)C(=O)OCC)CC(C)(C)C1. The van der Waals surface area contributed by atoms with Gasteiger partial charge in [0.05, 0.1) is 6.61 Å². The maximum absolute atomic E-state index is 11.7. The van der Waals surface area contributed by atoms with Gasteiger partial charge in [0.1, 0.15) is 5.70 Å². The molecular weight excluding hydrogens is 240 g/mol. The lowest BCUT2D eigenvalue weighted by Crippen LogP contribution is -2.27. The Hall–Kier alpha value is -1.71. The summed E-state index contributed by atoms with van der Waals surface area (Å²) in [6.45, 7) is 10.8. The van der Waals surface area contributed by atoms with Crippen LogP contribution in [0.1, 0.15) is 33.6 Å². The zero-order valence-electron chi connectivity index (χ0n) is 12.1. The van der Waals surface area contributed by atoms with Gasteiger partial charge in [-0.2, -0.15) is 0 Å². The van der Waals surface area contributed by atoms with Crippen molar-refractivity contribution < 1.29 is 9.53 Å². The molecule has 1 rings (SSSR count). The molecule has 0 fully saturated rings. The Bertz CT molecular complexity index is 420. The van der Waals surface area contributed by atoms with Crippen LogP contribution in [0.3, 0.4) is 0 Å². The van der Waals surface area contributed by atoms with Crippen molar-refractivity contribution in [2.75, 3.05) is 13.2 Å². The van der Waals surface area contributed by atoms with Gasteiger partial charge < -0.3 is 15.8 Å². The molecule has 0 bridgehead atoms. The fourth-order valence-electron chi connectivity index (χ4n) is 2.24.